The number of rotatable bonds is 6. The van der Waals surface area contributed by atoms with E-state index < -0.39 is 0 Å². The second kappa shape index (κ2) is 9.06. The average molecular weight is 390 g/mol. The fraction of sp³-hybridized carbons (Fsp3) is 0.400. The second-order valence-corrected chi connectivity index (χ2v) is 6.97. The lowest BCUT2D eigenvalue weighted by Gasteiger charge is -2.34. The molecular formula is C20H24ClN3O3. The first-order valence-corrected chi connectivity index (χ1v) is 9.50. The lowest BCUT2D eigenvalue weighted by Crippen LogP contribution is -2.50. The van der Waals surface area contributed by atoms with Gasteiger partial charge in [0.25, 0.3) is 0 Å². The summed E-state index contributed by atoms with van der Waals surface area (Å²) >= 11 is 6.19. The summed E-state index contributed by atoms with van der Waals surface area (Å²) in [5.41, 5.74) is 0.866. The summed E-state index contributed by atoms with van der Waals surface area (Å²) < 4.78 is 5.83. The summed E-state index contributed by atoms with van der Waals surface area (Å²) in [6.45, 7) is 5.14. The number of carbonyl (C=O) groups excluding carboxylic acids is 2. The van der Waals surface area contributed by atoms with E-state index in [0.717, 1.165) is 17.1 Å². The monoisotopic (exact) mass is 389 g/mol. The van der Waals surface area contributed by atoms with Gasteiger partial charge in [0.1, 0.15) is 11.5 Å². The Hall–Kier alpha value is -2.31. The molecule has 144 valence electrons. The Morgan fingerprint density at radius 1 is 1.07 bits per heavy atom. The topological polar surface area (TPSA) is 65.8 Å². The summed E-state index contributed by atoms with van der Waals surface area (Å²) in [7, 11) is 0. The Morgan fingerprint density at radius 3 is 2.48 bits per heavy atom. The minimum absolute atomic E-state index is 0.0679. The summed E-state index contributed by atoms with van der Waals surface area (Å²) in [6.07, 6.45) is 0.429. The van der Waals surface area contributed by atoms with Gasteiger partial charge in [0, 0.05) is 51.6 Å². The second-order valence-electron chi connectivity index (χ2n) is 6.56. The molecule has 0 unspecified atom stereocenters. The van der Waals surface area contributed by atoms with Crippen molar-refractivity contribution in [2.45, 2.75) is 19.9 Å². The molecule has 3 rings (SSSR count). The maximum Gasteiger partial charge on any atom is 0.223 e. The Labute approximate surface area is 164 Å². The maximum absolute atomic E-state index is 12.3. The fourth-order valence-corrected chi connectivity index (χ4v) is 3.34. The van der Waals surface area contributed by atoms with Crippen LogP contribution >= 0.6 is 11.6 Å². The molecular weight excluding hydrogens is 366 g/mol. The molecule has 1 aromatic heterocycles. The van der Waals surface area contributed by atoms with Gasteiger partial charge in [-0.1, -0.05) is 23.7 Å². The van der Waals surface area contributed by atoms with Crippen molar-refractivity contribution in [2.75, 3.05) is 32.7 Å². The molecule has 0 aliphatic carbocycles. The number of furan rings is 1. The number of amides is 2. The van der Waals surface area contributed by atoms with Gasteiger partial charge in [-0.25, -0.2) is 0 Å². The Bertz CT molecular complexity index is 797. The van der Waals surface area contributed by atoms with Crippen LogP contribution in [0.1, 0.15) is 19.1 Å². The summed E-state index contributed by atoms with van der Waals surface area (Å²) in [5.74, 6) is 1.71. The molecule has 1 saturated heterocycles. The number of carbonyl (C=O) groups is 2. The third-order valence-corrected chi connectivity index (χ3v) is 5.02. The van der Waals surface area contributed by atoms with Crippen LogP contribution in [0, 0.1) is 0 Å². The smallest absolute Gasteiger partial charge is 0.223 e. The van der Waals surface area contributed by atoms with E-state index >= 15 is 0 Å². The first-order valence-electron chi connectivity index (χ1n) is 9.12. The SMILES string of the molecule is CC(=O)N1CCN(C(=O)CCNCc2ccc(-c3ccccc3Cl)o2)CC1. The third kappa shape index (κ3) is 5.11. The minimum Gasteiger partial charge on any atom is -0.460 e. The van der Waals surface area contributed by atoms with Crippen molar-refractivity contribution < 1.29 is 14.0 Å². The zero-order valence-electron chi connectivity index (χ0n) is 15.4. The molecule has 1 aliphatic rings. The van der Waals surface area contributed by atoms with E-state index in [1.54, 1.807) is 11.8 Å². The molecule has 7 heteroatoms. The standard InChI is InChI=1S/C20H24ClN3O3/c1-15(25)23-10-12-24(13-11-23)20(26)8-9-22-14-16-6-7-19(27-16)17-4-2-3-5-18(17)21/h2-7,22H,8-14H2,1H3. The number of benzene rings is 1. The van der Waals surface area contributed by atoms with Crippen LogP contribution < -0.4 is 5.32 Å². The number of hydrogen-bond donors (Lipinski definition) is 1. The summed E-state index contributed by atoms with van der Waals surface area (Å²) in [6, 6.07) is 11.4. The highest BCUT2D eigenvalue weighted by molar-refractivity contribution is 6.33. The number of halogens is 1. The highest BCUT2D eigenvalue weighted by Gasteiger charge is 2.21. The van der Waals surface area contributed by atoms with Crippen LogP contribution in [-0.4, -0.2) is 54.3 Å². The van der Waals surface area contributed by atoms with E-state index in [2.05, 4.69) is 5.32 Å². The van der Waals surface area contributed by atoms with Gasteiger partial charge >= 0.3 is 0 Å². The van der Waals surface area contributed by atoms with E-state index in [9.17, 15) is 9.59 Å². The van der Waals surface area contributed by atoms with Crippen LogP contribution in [0.25, 0.3) is 11.3 Å². The molecule has 27 heavy (non-hydrogen) atoms. The van der Waals surface area contributed by atoms with Crippen molar-refractivity contribution in [3.05, 3.63) is 47.2 Å². The molecule has 0 radical (unpaired) electrons. The molecule has 0 saturated carbocycles. The van der Waals surface area contributed by atoms with Crippen LogP contribution in [0.3, 0.4) is 0 Å². The molecule has 1 aliphatic heterocycles. The van der Waals surface area contributed by atoms with Crippen molar-refractivity contribution in [1.82, 2.24) is 15.1 Å². The predicted molar refractivity (Wildman–Crippen MR) is 104 cm³/mol. The normalized spacial score (nSPS) is 14.4. The van der Waals surface area contributed by atoms with Gasteiger partial charge in [0.05, 0.1) is 11.6 Å². The molecule has 2 heterocycles. The van der Waals surface area contributed by atoms with Crippen molar-refractivity contribution in [3.8, 4) is 11.3 Å². The Balaban J connectivity index is 1.40. The molecule has 1 aromatic carbocycles. The zero-order valence-corrected chi connectivity index (χ0v) is 16.2. The lowest BCUT2D eigenvalue weighted by atomic mass is 10.2. The number of nitrogens with one attached hydrogen (secondary N) is 1. The lowest BCUT2D eigenvalue weighted by molar-refractivity contribution is -0.138. The molecule has 6 nitrogen and oxygen atoms in total. The van der Waals surface area contributed by atoms with Gasteiger partial charge in [-0.05, 0) is 24.3 Å². The average Bonchev–Trinajstić information content (AvgIpc) is 3.14. The van der Waals surface area contributed by atoms with Crippen LogP contribution in [-0.2, 0) is 16.1 Å². The Kier molecular flexibility index (Phi) is 6.53. The highest BCUT2D eigenvalue weighted by atomic mass is 35.5. The van der Waals surface area contributed by atoms with Gasteiger partial charge in [-0.3, -0.25) is 9.59 Å². The van der Waals surface area contributed by atoms with Gasteiger partial charge in [-0.2, -0.15) is 0 Å². The largest absolute Gasteiger partial charge is 0.460 e. The Morgan fingerprint density at radius 2 is 1.78 bits per heavy atom. The van der Waals surface area contributed by atoms with E-state index in [0.29, 0.717) is 50.7 Å². The predicted octanol–water partition coefficient (Wildman–Crippen LogP) is 2.77. The van der Waals surface area contributed by atoms with Crippen molar-refractivity contribution in [1.29, 1.82) is 0 Å². The van der Waals surface area contributed by atoms with Gasteiger partial charge in [0.15, 0.2) is 0 Å². The van der Waals surface area contributed by atoms with E-state index in [4.69, 9.17) is 16.0 Å². The number of piperazine rings is 1. The third-order valence-electron chi connectivity index (χ3n) is 4.69. The first-order chi connectivity index (χ1) is 13.0. The zero-order chi connectivity index (χ0) is 19.2. The fourth-order valence-electron chi connectivity index (χ4n) is 3.11. The van der Waals surface area contributed by atoms with Gasteiger partial charge < -0.3 is 19.5 Å². The number of nitrogens with zero attached hydrogens (tertiary/aromatic N) is 2. The van der Waals surface area contributed by atoms with E-state index in [1.807, 2.05) is 41.3 Å². The molecule has 0 spiro atoms. The maximum atomic E-state index is 12.3. The van der Waals surface area contributed by atoms with Gasteiger partial charge in [0.2, 0.25) is 11.8 Å². The molecule has 0 atom stereocenters. The van der Waals surface area contributed by atoms with Crippen molar-refractivity contribution in [3.63, 3.8) is 0 Å². The highest BCUT2D eigenvalue weighted by Crippen LogP contribution is 2.28. The van der Waals surface area contributed by atoms with Crippen molar-refractivity contribution in [2.24, 2.45) is 0 Å². The molecule has 2 aromatic rings. The van der Waals surface area contributed by atoms with Crippen molar-refractivity contribution >= 4 is 23.4 Å². The minimum atomic E-state index is 0.0679. The van der Waals surface area contributed by atoms with Crippen LogP contribution in [0.4, 0.5) is 0 Å². The quantitative estimate of drug-likeness (QED) is 0.771. The number of hydrogen-bond acceptors (Lipinski definition) is 4. The van der Waals surface area contributed by atoms with Crippen LogP contribution in [0.5, 0.6) is 0 Å². The molecule has 2 amide bonds. The summed E-state index contributed by atoms with van der Waals surface area (Å²) in [4.78, 5) is 27.2. The first kappa shape index (κ1) is 19.5. The van der Waals surface area contributed by atoms with Crippen LogP contribution in [0.15, 0.2) is 40.8 Å². The van der Waals surface area contributed by atoms with E-state index in [-0.39, 0.29) is 11.8 Å². The molecule has 0 bridgehead atoms. The summed E-state index contributed by atoms with van der Waals surface area (Å²) in [5, 5.41) is 3.89. The molecule has 1 fully saturated rings. The van der Waals surface area contributed by atoms with E-state index in [1.165, 1.54) is 0 Å². The van der Waals surface area contributed by atoms with Crippen LogP contribution in [0.2, 0.25) is 5.02 Å². The molecule has 1 N–H and O–H groups in total. The van der Waals surface area contributed by atoms with Gasteiger partial charge in [-0.15, -0.1) is 0 Å².